The molecule has 0 saturated heterocycles. The number of carbonyl (C=O) groups excluding carboxylic acids is 1. The van der Waals surface area contributed by atoms with Crippen LogP contribution in [0.1, 0.15) is 35.9 Å². The first-order valence-corrected chi connectivity index (χ1v) is 12.7. The fourth-order valence-corrected chi connectivity index (χ4v) is 4.49. The molecule has 1 amide bonds. The second-order valence-electron chi connectivity index (χ2n) is 8.34. The molecule has 4 aromatic rings. The van der Waals surface area contributed by atoms with E-state index in [9.17, 15) is 4.79 Å². The number of para-hydroxylation sites is 1. The molecule has 1 heterocycles. The van der Waals surface area contributed by atoms with Gasteiger partial charge in [-0.2, -0.15) is 0 Å². The molecule has 6 nitrogen and oxygen atoms in total. The highest BCUT2D eigenvalue weighted by Gasteiger charge is 2.17. The Morgan fingerprint density at radius 3 is 2.49 bits per heavy atom. The highest BCUT2D eigenvalue weighted by molar-refractivity contribution is 7.99. The average Bonchev–Trinajstić information content (AvgIpc) is 3.28. The lowest BCUT2D eigenvalue weighted by Crippen LogP contribution is -2.15. The zero-order chi connectivity index (χ0) is 24.6. The summed E-state index contributed by atoms with van der Waals surface area (Å²) in [4.78, 5) is 12.7. The van der Waals surface area contributed by atoms with Crippen molar-refractivity contribution in [1.82, 2.24) is 14.8 Å². The van der Waals surface area contributed by atoms with E-state index in [0.29, 0.717) is 11.0 Å². The number of nitrogens with zero attached hydrogens (tertiary/aromatic N) is 3. The van der Waals surface area contributed by atoms with Crippen molar-refractivity contribution in [2.24, 2.45) is 0 Å². The van der Waals surface area contributed by atoms with E-state index in [4.69, 9.17) is 4.74 Å². The standard InChI is InChI=1S/C28H30N4O2S/c1-4-9-22-14-16-24(17-15-22)34-18-26-30-31-28(32(26)23-11-6-5-7-12-23)35-19-27(33)29-25-13-8-10-20(2)21(25)3/h5-8,10-17H,4,9,18-19H2,1-3H3,(H,29,33). The maximum atomic E-state index is 12.7. The predicted octanol–water partition coefficient (Wildman–Crippen LogP) is 6.15. The topological polar surface area (TPSA) is 69.0 Å². The van der Waals surface area contributed by atoms with Crippen molar-refractivity contribution in [1.29, 1.82) is 0 Å². The predicted molar refractivity (Wildman–Crippen MR) is 141 cm³/mol. The van der Waals surface area contributed by atoms with E-state index >= 15 is 0 Å². The number of aromatic nitrogens is 3. The number of ether oxygens (including phenoxy) is 1. The lowest BCUT2D eigenvalue weighted by atomic mass is 10.1. The van der Waals surface area contributed by atoms with Crippen LogP contribution in [0, 0.1) is 13.8 Å². The van der Waals surface area contributed by atoms with Crippen LogP contribution in [0.15, 0.2) is 78.0 Å². The summed E-state index contributed by atoms with van der Waals surface area (Å²) in [6.45, 7) is 6.48. The number of hydrogen-bond donors (Lipinski definition) is 1. The quantitative estimate of drug-likeness (QED) is 0.272. The molecule has 4 rings (SSSR count). The van der Waals surface area contributed by atoms with E-state index in [2.05, 4.69) is 34.6 Å². The normalized spacial score (nSPS) is 10.8. The number of amides is 1. The molecule has 180 valence electrons. The number of nitrogens with one attached hydrogen (secondary N) is 1. The van der Waals surface area contributed by atoms with E-state index in [1.54, 1.807) is 0 Å². The van der Waals surface area contributed by atoms with Crippen LogP contribution in [-0.4, -0.2) is 26.4 Å². The summed E-state index contributed by atoms with van der Waals surface area (Å²) in [7, 11) is 0. The highest BCUT2D eigenvalue weighted by Crippen LogP contribution is 2.24. The molecule has 0 aliphatic carbocycles. The van der Waals surface area contributed by atoms with Crippen LogP contribution in [0.3, 0.4) is 0 Å². The second kappa shape index (κ2) is 11.7. The van der Waals surface area contributed by atoms with E-state index in [1.807, 2.05) is 79.1 Å². The Morgan fingerprint density at radius 1 is 0.971 bits per heavy atom. The third-order valence-electron chi connectivity index (χ3n) is 5.76. The molecule has 0 spiro atoms. The molecule has 1 N–H and O–H groups in total. The van der Waals surface area contributed by atoms with Crippen molar-refractivity contribution in [3.05, 3.63) is 95.3 Å². The Labute approximate surface area is 210 Å². The molecular weight excluding hydrogens is 456 g/mol. The third kappa shape index (κ3) is 6.31. The van der Waals surface area contributed by atoms with Crippen LogP contribution in [0.4, 0.5) is 5.69 Å². The summed E-state index contributed by atoms with van der Waals surface area (Å²) in [5, 5.41) is 12.4. The van der Waals surface area contributed by atoms with Gasteiger partial charge in [0, 0.05) is 11.4 Å². The van der Waals surface area contributed by atoms with Gasteiger partial charge in [0.1, 0.15) is 12.4 Å². The van der Waals surface area contributed by atoms with Gasteiger partial charge in [-0.15, -0.1) is 10.2 Å². The number of aryl methyl sites for hydroxylation is 2. The molecule has 0 aliphatic rings. The Morgan fingerprint density at radius 2 is 1.74 bits per heavy atom. The highest BCUT2D eigenvalue weighted by atomic mass is 32.2. The van der Waals surface area contributed by atoms with Crippen molar-refractivity contribution >= 4 is 23.4 Å². The lowest BCUT2D eigenvalue weighted by Gasteiger charge is -2.12. The first-order valence-electron chi connectivity index (χ1n) is 11.8. The lowest BCUT2D eigenvalue weighted by molar-refractivity contribution is -0.113. The summed E-state index contributed by atoms with van der Waals surface area (Å²) in [6, 6.07) is 23.9. The van der Waals surface area contributed by atoms with Crippen LogP contribution >= 0.6 is 11.8 Å². The van der Waals surface area contributed by atoms with Gasteiger partial charge < -0.3 is 10.1 Å². The van der Waals surface area contributed by atoms with Crippen LogP contribution < -0.4 is 10.1 Å². The van der Waals surface area contributed by atoms with Gasteiger partial charge in [-0.05, 0) is 67.3 Å². The maximum Gasteiger partial charge on any atom is 0.234 e. The molecule has 0 atom stereocenters. The SMILES string of the molecule is CCCc1ccc(OCc2nnc(SCC(=O)Nc3cccc(C)c3C)n2-c2ccccc2)cc1. The van der Waals surface area contributed by atoms with Gasteiger partial charge >= 0.3 is 0 Å². The molecule has 0 aliphatic heterocycles. The number of thioether (sulfide) groups is 1. The van der Waals surface area contributed by atoms with Gasteiger partial charge in [0.15, 0.2) is 11.0 Å². The minimum Gasteiger partial charge on any atom is -0.486 e. The van der Waals surface area contributed by atoms with Crippen LogP contribution in [0.25, 0.3) is 5.69 Å². The van der Waals surface area contributed by atoms with Crippen molar-refractivity contribution in [2.45, 2.75) is 45.4 Å². The average molecular weight is 487 g/mol. The summed E-state index contributed by atoms with van der Waals surface area (Å²) < 4.78 is 7.96. The summed E-state index contributed by atoms with van der Waals surface area (Å²) in [6.07, 6.45) is 2.17. The van der Waals surface area contributed by atoms with Crippen molar-refractivity contribution in [3.63, 3.8) is 0 Å². The molecular formula is C28H30N4O2S. The van der Waals surface area contributed by atoms with Gasteiger partial charge in [-0.25, -0.2) is 0 Å². The molecule has 3 aromatic carbocycles. The van der Waals surface area contributed by atoms with Gasteiger partial charge in [0.05, 0.1) is 5.75 Å². The number of rotatable bonds is 10. The van der Waals surface area contributed by atoms with E-state index in [0.717, 1.165) is 41.1 Å². The van der Waals surface area contributed by atoms with Gasteiger partial charge in [-0.1, -0.05) is 67.6 Å². The summed E-state index contributed by atoms with van der Waals surface area (Å²) in [5.74, 6) is 1.59. The molecule has 35 heavy (non-hydrogen) atoms. The Hall–Kier alpha value is -3.58. The van der Waals surface area contributed by atoms with Crippen LogP contribution in [0.5, 0.6) is 5.75 Å². The Bertz CT molecular complexity index is 1270. The molecule has 0 unspecified atom stereocenters. The smallest absolute Gasteiger partial charge is 0.234 e. The molecule has 0 radical (unpaired) electrons. The zero-order valence-corrected chi connectivity index (χ0v) is 21.1. The summed E-state index contributed by atoms with van der Waals surface area (Å²) >= 11 is 1.35. The number of hydrogen-bond acceptors (Lipinski definition) is 5. The minimum absolute atomic E-state index is 0.0868. The fourth-order valence-electron chi connectivity index (χ4n) is 3.72. The van der Waals surface area contributed by atoms with E-state index in [-0.39, 0.29) is 18.3 Å². The summed E-state index contributed by atoms with van der Waals surface area (Å²) in [5.41, 5.74) is 5.26. The molecule has 7 heteroatoms. The fraction of sp³-hybridized carbons (Fsp3) is 0.250. The van der Waals surface area contributed by atoms with Crippen molar-refractivity contribution in [3.8, 4) is 11.4 Å². The first-order chi connectivity index (χ1) is 17.0. The van der Waals surface area contributed by atoms with Crippen molar-refractivity contribution < 1.29 is 9.53 Å². The van der Waals surface area contributed by atoms with E-state index in [1.165, 1.54) is 17.3 Å². The molecule has 0 bridgehead atoms. The molecule has 0 fully saturated rings. The van der Waals surface area contributed by atoms with E-state index < -0.39 is 0 Å². The van der Waals surface area contributed by atoms with Gasteiger partial charge in [-0.3, -0.25) is 9.36 Å². The number of carbonyl (C=O) groups is 1. The van der Waals surface area contributed by atoms with Gasteiger partial charge in [0.2, 0.25) is 5.91 Å². The second-order valence-corrected chi connectivity index (χ2v) is 9.28. The van der Waals surface area contributed by atoms with Crippen LogP contribution in [0.2, 0.25) is 0 Å². The Balaban J connectivity index is 1.47. The van der Waals surface area contributed by atoms with Gasteiger partial charge in [0.25, 0.3) is 0 Å². The molecule has 0 saturated carbocycles. The largest absolute Gasteiger partial charge is 0.486 e. The third-order valence-corrected chi connectivity index (χ3v) is 6.68. The van der Waals surface area contributed by atoms with Crippen molar-refractivity contribution in [2.75, 3.05) is 11.1 Å². The minimum atomic E-state index is -0.0868. The Kier molecular flexibility index (Phi) is 8.21. The zero-order valence-electron chi connectivity index (χ0n) is 20.3. The number of benzene rings is 3. The number of anilines is 1. The first kappa shape index (κ1) is 24.5. The van der Waals surface area contributed by atoms with Crippen LogP contribution in [-0.2, 0) is 17.8 Å². The maximum absolute atomic E-state index is 12.7. The molecule has 1 aromatic heterocycles. The monoisotopic (exact) mass is 486 g/mol.